The summed E-state index contributed by atoms with van der Waals surface area (Å²) in [6.45, 7) is 9.56. The standard InChI is InChI=1S/C23H35N5O5/c1-15(2)12-18(26-22(31)33-23(3,4)5)21(24)27-32-14-19(29)25-16-8-6-9-17(13-16)28-11-7-10-20(28)30/h6,8-9,13,15,18H,7,10-12,14H2,1-5H3,(H2,24,27)(H,25,29)(H,26,31). The van der Waals surface area contributed by atoms with Crippen molar-refractivity contribution >= 4 is 35.1 Å². The van der Waals surface area contributed by atoms with Crippen LogP contribution < -0.4 is 21.3 Å². The highest BCUT2D eigenvalue weighted by atomic mass is 16.6. The number of amides is 3. The number of ether oxygens (including phenoxy) is 1. The molecule has 33 heavy (non-hydrogen) atoms. The molecule has 4 N–H and O–H groups in total. The van der Waals surface area contributed by atoms with E-state index in [4.69, 9.17) is 15.3 Å². The normalized spacial score (nSPS) is 15.4. The highest BCUT2D eigenvalue weighted by Gasteiger charge is 2.23. The minimum atomic E-state index is -0.647. The smallest absolute Gasteiger partial charge is 0.408 e. The molecule has 10 nitrogen and oxygen atoms in total. The van der Waals surface area contributed by atoms with Gasteiger partial charge in [0.15, 0.2) is 12.4 Å². The van der Waals surface area contributed by atoms with E-state index in [1.54, 1.807) is 43.9 Å². The second-order valence-electron chi connectivity index (χ2n) is 9.37. The van der Waals surface area contributed by atoms with Crippen molar-refractivity contribution in [1.29, 1.82) is 0 Å². The fourth-order valence-electron chi connectivity index (χ4n) is 3.27. The van der Waals surface area contributed by atoms with Crippen molar-refractivity contribution in [3.05, 3.63) is 24.3 Å². The van der Waals surface area contributed by atoms with Crippen LogP contribution in [0.5, 0.6) is 0 Å². The van der Waals surface area contributed by atoms with E-state index in [0.717, 1.165) is 12.1 Å². The molecular formula is C23H35N5O5. The van der Waals surface area contributed by atoms with E-state index in [-0.39, 0.29) is 24.3 Å². The van der Waals surface area contributed by atoms with Crippen molar-refractivity contribution in [3.63, 3.8) is 0 Å². The van der Waals surface area contributed by atoms with Gasteiger partial charge in [0.2, 0.25) is 5.91 Å². The number of nitrogens with two attached hydrogens (primary N) is 1. The Morgan fingerprint density at radius 2 is 2.00 bits per heavy atom. The SMILES string of the molecule is CC(C)CC(NC(=O)OC(C)(C)C)/C(N)=N/OCC(=O)Nc1cccc(N2CCCC2=O)c1. The van der Waals surface area contributed by atoms with Gasteiger partial charge in [0, 0.05) is 24.3 Å². The number of nitrogens with one attached hydrogen (secondary N) is 2. The molecule has 0 bridgehead atoms. The number of rotatable bonds is 9. The van der Waals surface area contributed by atoms with Crippen LogP contribution in [0.4, 0.5) is 16.2 Å². The van der Waals surface area contributed by atoms with Gasteiger partial charge in [0.1, 0.15) is 5.60 Å². The van der Waals surface area contributed by atoms with Crippen molar-refractivity contribution in [1.82, 2.24) is 5.32 Å². The molecule has 10 heteroatoms. The number of alkyl carbamates (subject to hydrolysis) is 1. The van der Waals surface area contributed by atoms with Gasteiger partial charge >= 0.3 is 6.09 Å². The van der Waals surface area contributed by atoms with Crippen molar-refractivity contribution in [2.45, 2.75) is 65.5 Å². The molecule has 1 aromatic rings. The monoisotopic (exact) mass is 461 g/mol. The second-order valence-corrected chi connectivity index (χ2v) is 9.37. The number of oxime groups is 1. The largest absolute Gasteiger partial charge is 0.444 e. The molecule has 1 unspecified atom stereocenters. The lowest BCUT2D eigenvalue weighted by atomic mass is 10.0. The van der Waals surface area contributed by atoms with E-state index < -0.39 is 23.6 Å². The van der Waals surface area contributed by atoms with Crippen molar-refractivity contribution in [3.8, 4) is 0 Å². The molecule has 0 saturated carbocycles. The van der Waals surface area contributed by atoms with Crippen LogP contribution in [0.15, 0.2) is 29.4 Å². The fraction of sp³-hybridized carbons (Fsp3) is 0.565. The third kappa shape index (κ3) is 8.99. The topological polar surface area (TPSA) is 135 Å². The molecule has 0 aromatic heterocycles. The molecule has 1 atom stereocenters. The Hall–Kier alpha value is -3.30. The lowest BCUT2D eigenvalue weighted by Gasteiger charge is -2.24. The van der Waals surface area contributed by atoms with Crippen LogP contribution in [0.2, 0.25) is 0 Å². The summed E-state index contributed by atoms with van der Waals surface area (Å²) in [6, 6.07) is 6.46. The average molecular weight is 462 g/mol. The molecule has 182 valence electrons. The summed E-state index contributed by atoms with van der Waals surface area (Å²) in [4.78, 5) is 43.1. The van der Waals surface area contributed by atoms with E-state index in [0.29, 0.717) is 25.1 Å². The van der Waals surface area contributed by atoms with Crippen LogP contribution in [0.3, 0.4) is 0 Å². The summed E-state index contributed by atoms with van der Waals surface area (Å²) in [5.41, 5.74) is 6.64. The molecule has 0 aliphatic carbocycles. The zero-order chi connectivity index (χ0) is 24.6. The lowest BCUT2D eigenvalue weighted by Crippen LogP contribution is -2.47. The number of hydrogen-bond donors (Lipinski definition) is 3. The van der Waals surface area contributed by atoms with Gasteiger partial charge in [0.05, 0.1) is 6.04 Å². The number of carbonyl (C=O) groups is 3. The first-order valence-electron chi connectivity index (χ1n) is 11.1. The molecule has 1 aliphatic heterocycles. The molecule has 0 spiro atoms. The summed E-state index contributed by atoms with van der Waals surface area (Å²) in [7, 11) is 0. The Labute approximate surface area is 194 Å². The zero-order valence-electron chi connectivity index (χ0n) is 20.0. The predicted molar refractivity (Wildman–Crippen MR) is 127 cm³/mol. The molecule has 1 heterocycles. The Morgan fingerprint density at radius 3 is 2.61 bits per heavy atom. The molecule has 1 aromatic carbocycles. The quantitative estimate of drug-likeness (QED) is 0.294. The van der Waals surface area contributed by atoms with E-state index in [1.807, 2.05) is 19.9 Å². The third-order valence-electron chi connectivity index (χ3n) is 4.64. The van der Waals surface area contributed by atoms with Gasteiger partial charge in [-0.25, -0.2) is 4.79 Å². The zero-order valence-corrected chi connectivity index (χ0v) is 20.0. The van der Waals surface area contributed by atoms with Crippen molar-refractivity contribution in [2.75, 3.05) is 23.4 Å². The first kappa shape index (κ1) is 26.0. The molecule has 2 rings (SSSR count). The van der Waals surface area contributed by atoms with Crippen LogP contribution in [0, 0.1) is 5.92 Å². The predicted octanol–water partition coefficient (Wildman–Crippen LogP) is 2.98. The van der Waals surface area contributed by atoms with Gasteiger partial charge in [0.25, 0.3) is 5.91 Å². The highest BCUT2D eigenvalue weighted by molar-refractivity contribution is 5.97. The fourth-order valence-corrected chi connectivity index (χ4v) is 3.27. The third-order valence-corrected chi connectivity index (χ3v) is 4.64. The Morgan fingerprint density at radius 1 is 1.27 bits per heavy atom. The lowest BCUT2D eigenvalue weighted by molar-refractivity contribution is -0.120. The van der Waals surface area contributed by atoms with Gasteiger partial charge in [-0.05, 0) is 57.7 Å². The summed E-state index contributed by atoms with van der Waals surface area (Å²) in [5.74, 6) is -0.104. The molecule has 0 radical (unpaired) electrons. The maximum atomic E-state index is 12.3. The van der Waals surface area contributed by atoms with Crippen LogP contribution in [-0.4, -0.2) is 48.5 Å². The van der Waals surface area contributed by atoms with E-state index in [1.165, 1.54) is 0 Å². The van der Waals surface area contributed by atoms with Crippen LogP contribution in [-0.2, 0) is 19.2 Å². The van der Waals surface area contributed by atoms with Crippen molar-refractivity contribution in [2.24, 2.45) is 16.8 Å². The van der Waals surface area contributed by atoms with Gasteiger partial charge < -0.3 is 30.8 Å². The summed E-state index contributed by atoms with van der Waals surface area (Å²) < 4.78 is 5.27. The Kier molecular flexibility index (Phi) is 9.07. The van der Waals surface area contributed by atoms with Gasteiger partial charge in [-0.15, -0.1) is 0 Å². The molecular weight excluding hydrogens is 426 g/mol. The molecule has 1 fully saturated rings. The van der Waals surface area contributed by atoms with E-state index in [2.05, 4.69) is 15.8 Å². The van der Waals surface area contributed by atoms with Gasteiger partial charge in [-0.1, -0.05) is 25.1 Å². The van der Waals surface area contributed by atoms with Crippen LogP contribution in [0.1, 0.15) is 53.9 Å². The molecule has 1 aliphatic rings. The maximum Gasteiger partial charge on any atom is 0.408 e. The average Bonchev–Trinajstić information content (AvgIpc) is 3.11. The number of amidine groups is 1. The first-order chi connectivity index (χ1) is 15.4. The molecule has 3 amide bonds. The number of nitrogens with zero attached hydrogens (tertiary/aromatic N) is 2. The number of carbonyl (C=O) groups excluding carboxylic acids is 3. The van der Waals surface area contributed by atoms with Crippen molar-refractivity contribution < 1.29 is 24.0 Å². The minimum absolute atomic E-state index is 0.0388. The molecule has 1 saturated heterocycles. The summed E-state index contributed by atoms with van der Waals surface area (Å²) >= 11 is 0. The van der Waals surface area contributed by atoms with Crippen LogP contribution in [0.25, 0.3) is 0 Å². The van der Waals surface area contributed by atoms with E-state index >= 15 is 0 Å². The first-order valence-corrected chi connectivity index (χ1v) is 11.1. The summed E-state index contributed by atoms with van der Waals surface area (Å²) in [6.07, 6.45) is 1.26. The Bertz CT molecular complexity index is 878. The number of anilines is 2. The minimum Gasteiger partial charge on any atom is -0.444 e. The Balaban J connectivity index is 1.91. The number of hydrogen-bond acceptors (Lipinski definition) is 6. The van der Waals surface area contributed by atoms with E-state index in [9.17, 15) is 14.4 Å². The maximum absolute atomic E-state index is 12.3. The van der Waals surface area contributed by atoms with Gasteiger partial charge in [-0.3, -0.25) is 9.59 Å². The van der Waals surface area contributed by atoms with Crippen LogP contribution >= 0.6 is 0 Å². The second kappa shape index (κ2) is 11.5. The number of benzene rings is 1. The highest BCUT2D eigenvalue weighted by Crippen LogP contribution is 2.24. The van der Waals surface area contributed by atoms with Gasteiger partial charge in [-0.2, -0.15) is 0 Å². The summed E-state index contributed by atoms with van der Waals surface area (Å²) in [5, 5.41) is 9.21.